The summed E-state index contributed by atoms with van der Waals surface area (Å²) in [6, 6.07) is 7.75. The molecule has 2 N–H and O–H groups in total. The molecule has 0 fully saturated rings. The third kappa shape index (κ3) is 2.69. The van der Waals surface area contributed by atoms with E-state index in [9.17, 15) is 9.59 Å². The molecule has 0 saturated heterocycles. The van der Waals surface area contributed by atoms with E-state index in [1.54, 1.807) is 17.5 Å². The van der Waals surface area contributed by atoms with Crippen molar-refractivity contribution in [2.24, 2.45) is 0 Å². The first-order valence-corrected chi connectivity index (χ1v) is 6.21. The number of thiophene rings is 1. The Labute approximate surface area is 112 Å². The van der Waals surface area contributed by atoms with Gasteiger partial charge in [-0.1, -0.05) is 17.7 Å². The Morgan fingerprint density at radius 1 is 1.28 bits per heavy atom. The molecule has 0 unspecified atom stereocenters. The number of halogens is 1. The van der Waals surface area contributed by atoms with Crippen molar-refractivity contribution in [1.82, 2.24) is 0 Å². The average molecular weight is 282 g/mol. The highest BCUT2D eigenvalue weighted by Gasteiger charge is 2.11. The third-order valence-corrected chi connectivity index (χ3v) is 3.38. The second kappa shape index (κ2) is 5.20. The van der Waals surface area contributed by atoms with Gasteiger partial charge in [0, 0.05) is 5.69 Å². The van der Waals surface area contributed by atoms with Crippen LogP contribution in [0.1, 0.15) is 20.0 Å². The number of anilines is 1. The topological polar surface area (TPSA) is 66.4 Å². The number of rotatable bonds is 3. The Morgan fingerprint density at radius 3 is 2.61 bits per heavy atom. The molecule has 0 aliphatic heterocycles. The highest BCUT2D eigenvalue weighted by atomic mass is 35.5. The van der Waals surface area contributed by atoms with Gasteiger partial charge in [-0.25, -0.2) is 4.79 Å². The van der Waals surface area contributed by atoms with Gasteiger partial charge in [-0.05, 0) is 29.6 Å². The SMILES string of the molecule is O=C(Nc1ccc(C(=O)O)c(Cl)c1)c1cccs1. The van der Waals surface area contributed by atoms with Crippen LogP contribution in [-0.4, -0.2) is 17.0 Å². The van der Waals surface area contributed by atoms with E-state index in [1.165, 1.54) is 29.5 Å². The van der Waals surface area contributed by atoms with Crippen molar-refractivity contribution in [3.63, 3.8) is 0 Å². The van der Waals surface area contributed by atoms with E-state index in [-0.39, 0.29) is 16.5 Å². The molecule has 0 atom stereocenters. The molecule has 1 amide bonds. The number of nitrogens with one attached hydrogen (secondary N) is 1. The molecular weight excluding hydrogens is 274 g/mol. The average Bonchev–Trinajstić information content (AvgIpc) is 2.81. The lowest BCUT2D eigenvalue weighted by molar-refractivity contribution is 0.0697. The van der Waals surface area contributed by atoms with Crippen LogP contribution in [0.15, 0.2) is 35.7 Å². The summed E-state index contributed by atoms with van der Waals surface area (Å²) >= 11 is 7.13. The lowest BCUT2D eigenvalue weighted by Crippen LogP contribution is -2.10. The van der Waals surface area contributed by atoms with Gasteiger partial charge in [-0.15, -0.1) is 11.3 Å². The fourth-order valence-corrected chi connectivity index (χ4v) is 2.25. The van der Waals surface area contributed by atoms with Gasteiger partial charge in [0.05, 0.1) is 15.5 Å². The molecule has 1 aromatic carbocycles. The van der Waals surface area contributed by atoms with Crippen LogP contribution in [0.3, 0.4) is 0 Å². The summed E-state index contributed by atoms with van der Waals surface area (Å²) in [6.45, 7) is 0. The van der Waals surface area contributed by atoms with Crippen molar-refractivity contribution in [3.8, 4) is 0 Å². The number of carboxylic acid groups (broad SMARTS) is 1. The van der Waals surface area contributed by atoms with Crippen LogP contribution in [0.5, 0.6) is 0 Å². The zero-order valence-electron chi connectivity index (χ0n) is 9.01. The van der Waals surface area contributed by atoms with Gasteiger partial charge in [0.2, 0.25) is 0 Å². The minimum atomic E-state index is -1.10. The Balaban J connectivity index is 2.18. The Hall–Kier alpha value is -1.85. The van der Waals surface area contributed by atoms with E-state index < -0.39 is 5.97 Å². The molecule has 18 heavy (non-hydrogen) atoms. The predicted molar refractivity (Wildman–Crippen MR) is 70.7 cm³/mol. The Morgan fingerprint density at radius 2 is 2.06 bits per heavy atom. The van der Waals surface area contributed by atoms with Crippen molar-refractivity contribution in [2.45, 2.75) is 0 Å². The van der Waals surface area contributed by atoms with Gasteiger partial charge in [0.1, 0.15) is 0 Å². The van der Waals surface area contributed by atoms with Gasteiger partial charge in [0.15, 0.2) is 0 Å². The summed E-state index contributed by atoms with van der Waals surface area (Å²) in [7, 11) is 0. The van der Waals surface area contributed by atoms with E-state index in [0.29, 0.717) is 10.6 Å². The molecule has 1 heterocycles. The second-order valence-electron chi connectivity index (χ2n) is 3.43. The summed E-state index contributed by atoms with van der Waals surface area (Å²) in [4.78, 5) is 23.1. The van der Waals surface area contributed by atoms with Crippen molar-refractivity contribution >= 4 is 40.5 Å². The molecule has 0 aliphatic carbocycles. The number of amides is 1. The number of carbonyl (C=O) groups excluding carboxylic acids is 1. The predicted octanol–water partition coefficient (Wildman–Crippen LogP) is 3.35. The van der Waals surface area contributed by atoms with Crippen molar-refractivity contribution in [1.29, 1.82) is 0 Å². The molecule has 2 rings (SSSR count). The summed E-state index contributed by atoms with van der Waals surface area (Å²) in [5, 5.41) is 13.4. The molecule has 0 saturated carbocycles. The Bertz CT molecular complexity index is 595. The molecule has 92 valence electrons. The van der Waals surface area contributed by atoms with Crippen LogP contribution in [0.4, 0.5) is 5.69 Å². The first kappa shape index (κ1) is 12.6. The molecular formula is C12H8ClNO3S. The molecule has 0 aliphatic rings. The first-order valence-electron chi connectivity index (χ1n) is 4.95. The number of benzene rings is 1. The third-order valence-electron chi connectivity index (χ3n) is 2.20. The molecule has 6 heteroatoms. The number of carbonyl (C=O) groups is 2. The van der Waals surface area contributed by atoms with E-state index in [0.717, 1.165) is 0 Å². The minimum Gasteiger partial charge on any atom is -0.478 e. The fourth-order valence-electron chi connectivity index (χ4n) is 1.37. The zero-order valence-corrected chi connectivity index (χ0v) is 10.6. The van der Waals surface area contributed by atoms with Gasteiger partial charge < -0.3 is 10.4 Å². The molecule has 4 nitrogen and oxygen atoms in total. The Kier molecular flexibility index (Phi) is 3.64. The number of hydrogen-bond donors (Lipinski definition) is 2. The van der Waals surface area contributed by atoms with Crippen molar-refractivity contribution < 1.29 is 14.7 Å². The molecule has 0 spiro atoms. The van der Waals surface area contributed by atoms with E-state index in [1.807, 2.05) is 0 Å². The van der Waals surface area contributed by atoms with Gasteiger partial charge in [-0.3, -0.25) is 4.79 Å². The maximum absolute atomic E-state index is 11.7. The number of carboxylic acids is 1. The molecule has 1 aromatic heterocycles. The summed E-state index contributed by atoms with van der Waals surface area (Å²) < 4.78 is 0. The second-order valence-corrected chi connectivity index (χ2v) is 4.79. The van der Waals surface area contributed by atoms with Gasteiger partial charge in [0.25, 0.3) is 5.91 Å². The summed E-state index contributed by atoms with van der Waals surface area (Å²) in [5.74, 6) is -1.35. The van der Waals surface area contributed by atoms with Crippen molar-refractivity contribution in [3.05, 3.63) is 51.2 Å². The molecule has 0 radical (unpaired) electrons. The van der Waals surface area contributed by atoms with Crippen LogP contribution in [0.25, 0.3) is 0 Å². The van der Waals surface area contributed by atoms with E-state index in [4.69, 9.17) is 16.7 Å². The van der Waals surface area contributed by atoms with E-state index >= 15 is 0 Å². The number of hydrogen-bond acceptors (Lipinski definition) is 3. The standard InChI is InChI=1S/C12H8ClNO3S/c13-9-6-7(3-4-8(9)12(16)17)14-11(15)10-2-1-5-18-10/h1-6H,(H,14,15)(H,16,17). The maximum atomic E-state index is 11.7. The van der Waals surface area contributed by atoms with Crippen LogP contribution in [0.2, 0.25) is 5.02 Å². The number of aromatic carboxylic acids is 1. The zero-order chi connectivity index (χ0) is 13.1. The largest absolute Gasteiger partial charge is 0.478 e. The summed E-state index contributed by atoms with van der Waals surface area (Å²) in [5.41, 5.74) is 0.467. The highest BCUT2D eigenvalue weighted by Crippen LogP contribution is 2.22. The normalized spacial score (nSPS) is 10.1. The van der Waals surface area contributed by atoms with Gasteiger partial charge >= 0.3 is 5.97 Å². The van der Waals surface area contributed by atoms with Crippen LogP contribution >= 0.6 is 22.9 Å². The van der Waals surface area contributed by atoms with Crippen LogP contribution < -0.4 is 5.32 Å². The minimum absolute atomic E-state index is 0.00536. The smallest absolute Gasteiger partial charge is 0.337 e. The van der Waals surface area contributed by atoms with Crippen LogP contribution in [0, 0.1) is 0 Å². The monoisotopic (exact) mass is 281 g/mol. The highest BCUT2D eigenvalue weighted by molar-refractivity contribution is 7.12. The molecule has 2 aromatic rings. The van der Waals surface area contributed by atoms with Gasteiger partial charge in [-0.2, -0.15) is 0 Å². The quantitative estimate of drug-likeness (QED) is 0.906. The van der Waals surface area contributed by atoms with Crippen molar-refractivity contribution in [2.75, 3.05) is 5.32 Å². The van der Waals surface area contributed by atoms with Crippen LogP contribution in [-0.2, 0) is 0 Å². The van der Waals surface area contributed by atoms with E-state index in [2.05, 4.69) is 5.32 Å². The first-order chi connectivity index (χ1) is 8.58. The summed E-state index contributed by atoms with van der Waals surface area (Å²) in [6.07, 6.45) is 0. The lowest BCUT2D eigenvalue weighted by atomic mass is 10.2. The fraction of sp³-hybridized carbons (Fsp3) is 0. The molecule has 0 bridgehead atoms. The maximum Gasteiger partial charge on any atom is 0.337 e. The lowest BCUT2D eigenvalue weighted by Gasteiger charge is -2.05.